The molecule has 9 nitrogen and oxygen atoms in total. The zero-order valence-corrected chi connectivity index (χ0v) is 33.1. The highest BCUT2D eigenvalue weighted by molar-refractivity contribution is 14.1. The van der Waals surface area contributed by atoms with Crippen molar-refractivity contribution in [3.8, 4) is 11.5 Å². The predicted octanol–water partition coefficient (Wildman–Crippen LogP) is 7.24. The van der Waals surface area contributed by atoms with Gasteiger partial charge < -0.3 is 19.5 Å². The average molecular weight is 926 g/mol. The van der Waals surface area contributed by atoms with E-state index >= 15 is 0 Å². The monoisotopic (exact) mass is 925 g/mol. The van der Waals surface area contributed by atoms with Crippen LogP contribution in [0.25, 0.3) is 6.08 Å². The summed E-state index contributed by atoms with van der Waals surface area (Å²) in [6.07, 6.45) is 1.83. The molecule has 0 bridgehead atoms. The maximum atomic E-state index is 14.4. The van der Waals surface area contributed by atoms with Crippen LogP contribution >= 0.6 is 56.5 Å². The summed E-state index contributed by atoms with van der Waals surface area (Å²) in [6, 6.07) is 27.0. The number of fused-ring (bicyclic) bond motifs is 1. The molecule has 0 unspecified atom stereocenters. The van der Waals surface area contributed by atoms with E-state index in [1.165, 1.54) is 11.3 Å². The third-order valence-corrected chi connectivity index (χ3v) is 10.4. The lowest BCUT2D eigenvalue weighted by Crippen LogP contribution is -2.40. The van der Waals surface area contributed by atoms with E-state index in [-0.39, 0.29) is 24.0 Å². The number of aromatic nitrogens is 1. The molecule has 1 aromatic heterocycles. The number of hydrogen-bond donors (Lipinski definition) is 1. The molecule has 6 rings (SSSR count). The first-order chi connectivity index (χ1) is 24.7. The number of hydrogen-bond acceptors (Lipinski definition) is 8. The summed E-state index contributed by atoms with van der Waals surface area (Å²) in [5, 5.41) is 2.99. The Morgan fingerprint density at radius 3 is 2.35 bits per heavy atom. The van der Waals surface area contributed by atoms with Gasteiger partial charge in [-0.1, -0.05) is 53.8 Å². The molecule has 2 heterocycles. The molecule has 5 aromatic rings. The second-order valence-electron chi connectivity index (χ2n) is 11.4. The van der Waals surface area contributed by atoms with Gasteiger partial charge in [0.25, 0.3) is 11.5 Å². The number of rotatable bonds is 11. The molecule has 4 aromatic carbocycles. The summed E-state index contributed by atoms with van der Waals surface area (Å²) in [5.74, 6) is 0.609. The van der Waals surface area contributed by atoms with Crippen LogP contribution in [0.1, 0.15) is 53.9 Å². The highest BCUT2D eigenvalue weighted by Crippen LogP contribution is 2.33. The molecule has 1 N–H and O–H groups in total. The minimum absolute atomic E-state index is 0.249. The van der Waals surface area contributed by atoms with Gasteiger partial charge in [-0.2, -0.15) is 0 Å². The number of halogens is 2. The number of esters is 1. The number of amides is 1. The SMILES string of the molecule is CCOC(=O)c1ccc(COc2c(I)cc(I)cc2/C=c2\sc3n(c2=O)[C@H](c2ccc(OCC)cc2)C(C(=O)Nc2ccccc2)=C(C)N=3)cc1. The van der Waals surface area contributed by atoms with Crippen LogP contribution in [-0.2, 0) is 16.1 Å². The standard InChI is InChI=1S/C39H33I2N3O6S/c1-4-48-30-17-15-25(16-18-30)34-33(36(45)43-29-9-7-6-8-10-29)23(3)42-39-44(34)37(46)32(51-39)20-27-19-28(40)21-31(41)35(27)50-22-24-11-13-26(14-12-24)38(47)49-5-2/h6-21,34H,4-5,22H2,1-3H3,(H,43,45)/b32-20-/t34-/m1/s1. The molecule has 12 heteroatoms. The molecular formula is C39H33I2N3O6S. The van der Waals surface area contributed by atoms with E-state index in [2.05, 4.69) is 50.5 Å². The van der Waals surface area contributed by atoms with Crippen molar-refractivity contribution in [2.75, 3.05) is 18.5 Å². The Balaban J connectivity index is 1.40. The molecule has 260 valence electrons. The Bertz CT molecular complexity index is 2300. The lowest BCUT2D eigenvalue weighted by Gasteiger charge is -2.25. The van der Waals surface area contributed by atoms with Gasteiger partial charge in [-0.3, -0.25) is 14.2 Å². The quantitative estimate of drug-likeness (QED) is 0.111. The van der Waals surface area contributed by atoms with E-state index in [1.54, 1.807) is 30.5 Å². The van der Waals surface area contributed by atoms with E-state index in [0.29, 0.717) is 56.6 Å². The number of carbonyl (C=O) groups excluding carboxylic acids is 2. The lowest BCUT2D eigenvalue weighted by atomic mass is 9.95. The molecule has 1 aliphatic rings. The van der Waals surface area contributed by atoms with Crippen molar-refractivity contribution in [1.29, 1.82) is 0 Å². The highest BCUT2D eigenvalue weighted by atomic mass is 127. The number of anilines is 1. The maximum absolute atomic E-state index is 14.4. The first kappa shape index (κ1) is 36.5. The fourth-order valence-electron chi connectivity index (χ4n) is 5.65. The Kier molecular flexibility index (Phi) is 11.7. The number of carbonyl (C=O) groups is 2. The van der Waals surface area contributed by atoms with Crippen molar-refractivity contribution in [1.82, 2.24) is 4.57 Å². The predicted molar refractivity (Wildman–Crippen MR) is 215 cm³/mol. The van der Waals surface area contributed by atoms with Gasteiger partial charge in [0.2, 0.25) is 0 Å². The molecule has 1 atom stereocenters. The van der Waals surface area contributed by atoms with Crippen LogP contribution in [0.2, 0.25) is 0 Å². The second-order valence-corrected chi connectivity index (χ2v) is 14.8. The fourth-order valence-corrected chi connectivity index (χ4v) is 8.73. The second kappa shape index (κ2) is 16.4. The first-order valence-corrected chi connectivity index (χ1v) is 19.1. The molecule has 1 aliphatic heterocycles. The summed E-state index contributed by atoms with van der Waals surface area (Å²) in [4.78, 5) is 45.7. The number of allylic oxidation sites excluding steroid dienone is 1. The molecule has 0 spiro atoms. The van der Waals surface area contributed by atoms with Crippen LogP contribution in [0.3, 0.4) is 0 Å². The normalized spacial score (nSPS) is 14.1. The first-order valence-electron chi connectivity index (χ1n) is 16.2. The van der Waals surface area contributed by atoms with Crippen molar-refractivity contribution in [2.24, 2.45) is 4.99 Å². The number of para-hydroxylation sites is 1. The van der Waals surface area contributed by atoms with Crippen LogP contribution in [0, 0.1) is 7.14 Å². The van der Waals surface area contributed by atoms with E-state index in [0.717, 1.165) is 23.8 Å². The number of ether oxygens (including phenoxy) is 3. The largest absolute Gasteiger partial charge is 0.494 e. The van der Waals surface area contributed by atoms with Gasteiger partial charge in [0.1, 0.15) is 18.1 Å². The van der Waals surface area contributed by atoms with Gasteiger partial charge in [0.05, 0.1) is 44.2 Å². The molecule has 51 heavy (non-hydrogen) atoms. The summed E-state index contributed by atoms with van der Waals surface area (Å²) < 4.78 is 21.0. The van der Waals surface area contributed by atoms with Crippen molar-refractivity contribution in [2.45, 2.75) is 33.4 Å². The van der Waals surface area contributed by atoms with E-state index in [4.69, 9.17) is 19.2 Å². The van der Waals surface area contributed by atoms with Gasteiger partial charge in [0.15, 0.2) is 4.80 Å². The highest BCUT2D eigenvalue weighted by Gasteiger charge is 2.32. The Hall–Kier alpha value is -4.28. The molecule has 0 saturated heterocycles. The Labute approximate surface area is 326 Å². The molecule has 1 amide bonds. The van der Waals surface area contributed by atoms with Crippen LogP contribution in [-0.4, -0.2) is 29.7 Å². The van der Waals surface area contributed by atoms with Crippen LogP contribution in [0.5, 0.6) is 11.5 Å². The summed E-state index contributed by atoms with van der Waals surface area (Å²) >= 11 is 5.75. The molecular weight excluding hydrogens is 892 g/mol. The minimum Gasteiger partial charge on any atom is -0.494 e. The number of benzene rings is 4. The molecule has 0 saturated carbocycles. The lowest BCUT2D eigenvalue weighted by molar-refractivity contribution is -0.113. The topological polar surface area (TPSA) is 108 Å². The molecule has 0 fully saturated rings. The van der Waals surface area contributed by atoms with Gasteiger partial charge in [-0.05, 0) is 132 Å². The fraction of sp³-hybridized carbons (Fsp3) is 0.179. The van der Waals surface area contributed by atoms with E-state index in [9.17, 15) is 14.4 Å². The van der Waals surface area contributed by atoms with Crippen LogP contribution in [0.15, 0.2) is 112 Å². The van der Waals surface area contributed by atoms with Crippen molar-refractivity contribution < 1.29 is 23.8 Å². The van der Waals surface area contributed by atoms with Crippen molar-refractivity contribution in [3.05, 3.63) is 151 Å². The van der Waals surface area contributed by atoms with Crippen LogP contribution < -0.4 is 29.7 Å². The van der Waals surface area contributed by atoms with Gasteiger partial charge in [-0.15, -0.1) is 0 Å². The maximum Gasteiger partial charge on any atom is 0.338 e. The van der Waals surface area contributed by atoms with Gasteiger partial charge in [-0.25, -0.2) is 9.79 Å². The Morgan fingerprint density at radius 1 is 0.941 bits per heavy atom. The minimum atomic E-state index is -0.730. The van der Waals surface area contributed by atoms with Gasteiger partial charge in [0, 0.05) is 14.8 Å². The smallest absolute Gasteiger partial charge is 0.338 e. The van der Waals surface area contributed by atoms with Crippen molar-refractivity contribution in [3.63, 3.8) is 0 Å². The van der Waals surface area contributed by atoms with E-state index in [1.807, 2.05) is 91.9 Å². The zero-order chi connectivity index (χ0) is 36.1. The summed E-state index contributed by atoms with van der Waals surface area (Å²) in [5.41, 5.74) is 4.09. The number of thiazole rings is 1. The van der Waals surface area contributed by atoms with Crippen molar-refractivity contribution >= 4 is 80.2 Å². The summed E-state index contributed by atoms with van der Waals surface area (Å²) in [7, 11) is 0. The third-order valence-electron chi connectivity index (χ3n) is 7.98. The third kappa shape index (κ3) is 8.28. The van der Waals surface area contributed by atoms with Crippen LogP contribution in [0.4, 0.5) is 5.69 Å². The molecule has 0 radical (unpaired) electrons. The molecule has 0 aliphatic carbocycles. The average Bonchev–Trinajstić information content (AvgIpc) is 3.42. The Morgan fingerprint density at radius 2 is 1.67 bits per heavy atom. The number of nitrogens with one attached hydrogen (secondary N) is 1. The van der Waals surface area contributed by atoms with E-state index < -0.39 is 6.04 Å². The van der Waals surface area contributed by atoms with Gasteiger partial charge >= 0.3 is 5.97 Å². The summed E-state index contributed by atoms with van der Waals surface area (Å²) in [6.45, 7) is 6.56. The number of nitrogens with zero attached hydrogens (tertiary/aromatic N) is 2. The zero-order valence-electron chi connectivity index (χ0n) is 27.9.